The zero-order valence-electron chi connectivity index (χ0n) is 21.7. The first-order chi connectivity index (χ1) is 18.5. The lowest BCUT2D eigenvalue weighted by Crippen LogP contribution is -2.46. The zero-order chi connectivity index (χ0) is 27.9. The van der Waals surface area contributed by atoms with Crippen LogP contribution in [0.5, 0.6) is 0 Å². The summed E-state index contributed by atoms with van der Waals surface area (Å²) in [6.07, 6.45) is 7.16. The second kappa shape index (κ2) is 10.2. The fourth-order valence-electron chi connectivity index (χ4n) is 5.80. The van der Waals surface area contributed by atoms with Gasteiger partial charge in [-0.3, -0.25) is 0 Å². The van der Waals surface area contributed by atoms with Crippen molar-refractivity contribution < 1.29 is 23.4 Å². The number of hydrogen-bond acceptors (Lipinski definition) is 7. The summed E-state index contributed by atoms with van der Waals surface area (Å²) in [6, 6.07) is 4.41. The lowest BCUT2D eigenvalue weighted by molar-refractivity contribution is -0.167. The van der Waals surface area contributed by atoms with E-state index in [-0.39, 0.29) is 54.3 Å². The molecule has 11 heteroatoms. The average Bonchev–Trinajstić information content (AvgIpc) is 3.55. The van der Waals surface area contributed by atoms with Crippen LogP contribution in [-0.2, 0) is 27.8 Å². The van der Waals surface area contributed by atoms with Gasteiger partial charge in [0.15, 0.2) is 5.82 Å². The molecule has 0 amide bonds. The van der Waals surface area contributed by atoms with Crippen molar-refractivity contribution in [3.63, 3.8) is 0 Å². The molecule has 1 atom stereocenters. The fourth-order valence-corrected chi connectivity index (χ4v) is 5.94. The van der Waals surface area contributed by atoms with Crippen LogP contribution in [0.4, 0.5) is 8.78 Å². The Hall–Kier alpha value is -3.58. The topological polar surface area (TPSA) is 113 Å². The van der Waals surface area contributed by atoms with E-state index in [1.54, 1.807) is 6.20 Å². The summed E-state index contributed by atoms with van der Waals surface area (Å²) in [6.45, 7) is 2.93. The highest BCUT2D eigenvalue weighted by Crippen LogP contribution is 2.46. The van der Waals surface area contributed by atoms with Gasteiger partial charge in [0.1, 0.15) is 23.0 Å². The highest BCUT2D eigenvalue weighted by Gasteiger charge is 2.48. The Bertz CT molecular complexity index is 1500. The number of esters is 1. The molecule has 1 N–H and O–H groups in total. The number of aryl methyl sites for hydroxylation is 1. The first kappa shape index (κ1) is 27.0. The molecular weight excluding hydrogens is 528 g/mol. The van der Waals surface area contributed by atoms with E-state index in [1.807, 2.05) is 6.07 Å². The van der Waals surface area contributed by atoms with Crippen LogP contribution in [0, 0.1) is 28.9 Å². The third-order valence-corrected chi connectivity index (χ3v) is 8.04. The van der Waals surface area contributed by atoms with Crippen LogP contribution in [0.1, 0.15) is 69.3 Å². The summed E-state index contributed by atoms with van der Waals surface area (Å²) in [5, 5.41) is 25.1. The molecule has 0 spiro atoms. The average molecular weight is 556 g/mol. The standard InChI is InChI=1S/C28H28ClF2N5O3/c1-27(2,15-32)24-20(30)9-16(10-21(24)31)7-8-28(17-5-3-4-6-17)12-22(37)19(25(38)39-28)11-23-34-26-33-13-18(29)14-36(26)35-23/h9-10,13-14,17,37H,3-8,11-12H2,1-2H3. The summed E-state index contributed by atoms with van der Waals surface area (Å²) in [5.74, 6) is -1.71. The van der Waals surface area contributed by atoms with Crippen LogP contribution in [0.2, 0.25) is 5.02 Å². The zero-order valence-corrected chi connectivity index (χ0v) is 22.4. The molecular formula is C28H28ClF2N5O3. The maximum atomic E-state index is 14.9. The number of aliphatic hydroxyl groups excluding tert-OH is 1. The number of aliphatic hydroxyl groups is 1. The van der Waals surface area contributed by atoms with Crippen molar-refractivity contribution in [1.82, 2.24) is 19.6 Å². The molecule has 2 aliphatic rings. The first-order valence-corrected chi connectivity index (χ1v) is 13.3. The number of carbonyl (C=O) groups excluding carboxylic acids is 1. The monoisotopic (exact) mass is 555 g/mol. The van der Waals surface area contributed by atoms with Gasteiger partial charge in [0.05, 0.1) is 34.5 Å². The molecule has 1 aliphatic heterocycles. The van der Waals surface area contributed by atoms with E-state index in [4.69, 9.17) is 16.3 Å². The van der Waals surface area contributed by atoms with Crippen LogP contribution < -0.4 is 0 Å². The number of hydrogen-bond donors (Lipinski definition) is 1. The maximum Gasteiger partial charge on any atom is 0.338 e. The molecule has 3 heterocycles. The predicted molar refractivity (Wildman–Crippen MR) is 138 cm³/mol. The van der Waals surface area contributed by atoms with Crippen LogP contribution in [0.25, 0.3) is 5.78 Å². The van der Waals surface area contributed by atoms with Gasteiger partial charge in [-0.2, -0.15) is 10.2 Å². The lowest BCUT2D eigenvalue weighted by atomic mass is 9.76. The van der Waals surface area contributed by atoms with E-state index < -0.39 is 28.6 Å². The first-order valence-electron chi connectivity index (χ1n) is 12.9. The number of carbonyl (C=O) groups is 1. The van der Waals surface area contributed by atoms with Gasteiger partial charge in [0.25, 0.3) is 5.78 Å². The van der Waals surface area contributed by atoms with Gasteiger partial charge >= 0.3 is 5.97 Å². The highest BCUT2D eigenvalue weighted by atomic mass is 35.5. The Kier molecular flexibility index (Phi) is 7.06. The molecule has 204 valence electrons. The van der Waals surface area contributed by atoms with Crippen LogP contribution in [0.15, 0.2) is 35.9 Å². The molecule has 1 aromatic carbocycles. The molecule has 1 saturated carbocycles. The van der Waals surface area contributed by atoms with Crippen molar-refractivity contribution >= 4 is 23.3 Å². The molecule has 1 unspecified atom stereocenters. The molecule has 0 bridgehead atoms. The van der Waals surface area contributed by atoms with E-state index in [1.165, 1.54) is 36.7 Å². The van der Waals surface area contributed by atoms with Crippen molar-refractivity contribution in [1.29, 1.82) is 5.26 Å². The summed E-state index contributed by atoms with van der Waals surface area (Å²) < 4.78 is 37.3. The Balaban J connectivity index is 1.40. The van der Waals surface area contributed by atoms with Crippen molar-refractivity contribution in [3.05, 3.63) is 69.5 Å². The maximum absolute atomic E-state index is 14.9. The molecule has 3 aromatic rings. The number of fused-ring (bicyclic) bond motifs is 1. The molecule has 2 aromatic heterocycles. The second-order valence-electron chi connectivity index (χ2n) is 10.9. The second-order valence-corrected chi connectivity index (χ2v) is 11.4. The van der Waals surface area contributed by atoms with Crippen LogP contribution in [0.3, 0.4) is 0 Å². The van der Waals surface area contributed by atoms with E-state index in [0.717, 1.165) is 25.7 Å². The normalized spacial score (nSPS) is 20.5. The minimum atomic E-state index is -1.32. The van der Waals surface area contributed by atoms with E-state index >= 15 is 0 Å². The number of nitriles is 1. The van der Waals surface area contributed by atoms with E-state index in [0.29, 0.717) is 16.4 Å². The van der Waals surface area contributed by atoms with Crippen molar-refractivity contribution in [3.8, 4) is 6.07 Å². The number of aromatic nitrogens is 4. The third-order valence-electron chi connectivity index (χ3n) is 7.84. The van der Waals surface area contributed by atoms with Gasteiger partial charge in [-0.05, 0) is 63.1 Å². The third kappa shape index (κ3) is 5.20. The van der Waals surface area contributed by atoms with Gasteiger partial charge in [-0.15, -0.1) is 5.10 Å². The number of rotatable bonds is 7. The van der Waals surface area contributed by atoms with Crippen molar-refractivity contribution in [2.45, 2.75) is 76.2 Å². The number of halogens is 3. The minimum absolute atomic E-state index is 0.0105. The lowest BCUT2D eigenvalue weighted by Gasteiger charge is -2.41. The van der Waals surface area contributed by atoms with Crippen molar-refractivity contribution in [2.24, 2.45) is 5.92 Å². The van der Waals surface area contributed by atoms with E-state index in [2.05, 4.69) is 15.1 Å². The Morgan fingerprint density at radius 1 is 1.28 bits per heavy atom. The van der Waals surface area contributed by atoms with Gasteiger partial charge < -0.3 is 9.84 Å². The Labute approximate surface area is 229 Å². The highest BCUT2D eigenvalue weighted by molar-refractivity contribution is 6.30. The molecule has 0 saturated heterocycles. The van der Waals surface area contributed by atoms with Gasteiger partial charge in [0, 0.05) is 18.4 Å². The van der Waals surface area contributed by atoms with E-state index in [9.17, 15) is 23.9 Å². The number of cyclic esters (lactones) is 1. The number of benzene rings is 1. The summed E-state index contributed by atoms with van der Waals surface area (Å²) in [5.41, 5.74) is -2.12. The quantitative estimate of drug-likeness (QED) is 0.371. The molecule has 1 fully saturated rings. The molecule has 1 aliphatic carbocycles. The summed E-state index contributed by atoms with van der Waals surface area (Å²) in [7, 11) is 0. The van der Waals surface area contributed by atoms with Crippen LogP contribution >= 0.6 is 11.6 Å². The Morgan fingerprint density at radius 2 is 1.97 bits per heavy atom. The number of nitrogens with zero attached hydrogens (tertiary/aromatic N) is 5. The molecule has 8 nitrogen and oxygen atoms in total. The van der Waals surface area contributed by atoms with Gasteiger partial charge in [-0.1, -0.05) is 24.4 Å². The summed E-state index contributed by atoms with van der Waals surface area (Å²) >= 11 is 5.96. The summed E-state index contributed by atoms with van der Waals surface area (Å²) in [4.78, 5) is 21.7. The SMILES string of the molecule is CC(C)(C#N)c1c(F)cc(CCC2(C3CCCC3)CC(O)=C(Cc3nc4ncc(Cl)cn4n3)C(=O)O2)cc1F. The predicted octanol–water partition coefficient (Wildman–Crippen LogP) is 5.72. The van der Waals surface area contributed by atoms with Gasteiger partial charge in [0.2, 0.25) is 0 Å². The molecule has 0 radical (unpaired) electrons. The largest absolute Gasteiger partial charge is 0.512 e. The molecule has 5 rings (SSSR count). The fraction of sp³-hybridized carbons (Fsp3) is 0.464. The van der Waals surface area contributed by atoms with Gasteiger partial charge in [-0.25, -0.2) is 23.1 Å². The number of ether oxygens (including phenoxy) is 1. The molecule has 39 heavy (non-hydrogen) atoms. The smallest absolute Gasteiger partial charge is 0.338 e. The van der Waals surface area contributed by atoms with Crippen LogP contribution in [-0.4, -0.2) is 36.3 Å². The minimum Gasteiger partial charge on any atom is -0.512 e. The Morgan fingerprint density at radius 3 is 2.62 bits per heavy atom. The van der Waals surface area contributed by atoms with Crippen molar-refractivity contribution in [2.75, 3.05) is 0 Å².